The molecule has 0 radical (unpaired) electrons. The zero-order valence-electron chi connectivity index (χ0n) is 14.8. The Hall–Kier alpha value is -1.53. The highest BCUT2D eigenvalue weighted by molar-refractivity contribution is 5.50. The van der Waals surface area contributed by atoms with Gasteiger partial charge in [-0.3, -0.25) is 4.90 Å². The number of benzene rings is 1. The van der Waals surface area contributed by atoms with Crippen molar-refractivity contribution in [2.45, 2.75) is 46.1 Å². The lowest BCUT2D eigenvalue weighted by molar-refractivity contribution is 0.174. The minimum Gasteiger partial charge on any atom is -0.371 e. The van der Waals surface area contributed by atoms with Crippen LogP contribution in [0.15, 0.2) is 24.3 Å². The third kappa shape index (κ3) is 3.70. The van der Waals surface area contributed by atoms with Gasteiger partial charge in [-0.15, -0.1) is 0 Å². The molecular weight excluding hydrogens is 282 g/mol. The summed E-state index contributed by atoms with van der Waals surface area (Å²) in [6.07, 6.45) is 3.88. The minimum atomic E-state index is 0.442. The van der Waals surface area contributed by atoms with Gasteiger partial charge in [0.1, 0.15) is 0 Å². The third-order valence-corrected chi connectivity index (χ3v) is 5.79. The van der Waals surface area contributed by atoms with E-state index in [-0.39, 0.29) is 0 Å². The highest BCUT2D eigenvalue weighted by Gasteiger charge is 2.35. The third-order valence-electron chi connectivity index (χ3n) is 5.79. The second-order valence-electron chi connectivity index (χ2n) is 8.22. The van der Waals surface area contributed by atoms with Crippen LogP contribution in [0.25, 0.3) is 0 Å². The van der Waals surface area contributed by atoms with Crippen molar-refractivity contribution in [3.8, 4) is 6.07 Å². The molecule has 0 amide bonds. The Kier molecular flexibility index (Phi) is 4.64. The average molecular weight is 311 g/mol. The minimum absolute atomic E-state index is 0.442. The normalized spacial score (nSPS) is 23.9. The van der Waals surface area contributed by atoms with E-state index < -0.39 is 0 Å². The number of rotatable bonds is 2. The summed E-state index contributed by atoms with van der Waals surface area (Å²) in [6, 6.07) is 11.0. The zero-order valence-corrected chi connectivity index (χ0v) is 14.8. The summed E-state index contributed by atoms with van der Waals surface area (Å²) in [5, 5.41) is 8.90. The maximum Gasteiger partial charge on any atom is 0.0991 e. The number of piperidine rings is 1. The molecular formula is C20H29N3. The molecule has 2 fully saturated rings. The van der Waals surface area contributed by atoms with Crippen LogP contribution in [0.3, 0.4) is 0 Å². The molecule has 0 aliphatic carbocycles. The molecule has 0 spiro atoms. The first-order valence-corrected chi connectivity index (χ1v) is 8.96. The van der Waals surface area contributed by atoms with E-state index in [2.05, 4.69) is 48.8 Å². The number of nitriles is 1. The molecule has 3 heteroatoms. The van der Waals surface area contributed by atoms with Gasteiger partial charge in [-0.2, -0.15) is 5.26 Å². The maximum absolute atomic E-state index is 8.90. The summed E-state index contributed by atoms with van der Waals surface area (Å²) in [5.41, 5.74) is 2.45. The summed E-state index contributed by atoms with van der Waals surface area (Å²) in [5.74, 6) is 0.846. The Bertz CT molecular complexity index is 556. The van der Waals surface area contributed by atoms with Crippen molar-refractivity contribution in [3.05, 3.63) is 29.8 Å². The van der Waals surface area contributed by atoms with Gasteiger partial charge < -0.3 is 4.90 Å². The summed E-state index contributed by atoms with van der Waals surface area (Å²) >= 11 is 0. The number of hydrogen-bond acceptors (Lipinski definition) is 3. The van der Waals surface area contributed by atoms with Crippen LogP contribution in [-0.4, -0.2) is 37.1 Å². The molecule has 0 saturated carbocycles. The van der Waals surface area contributed by atoms with Gasteiger partial charge in [0.05, 0.1) is 11.6 Å². The van der Waals surface area contributed by atoms with Crippen molar-refractivity contribution in [1.82, 2.24) is 4.90 Å². The molecule has 1 atom stereocenters. The van der Waals surface area contributed by atoms with Crippen molar-refractivity contribution in [3.63, 3.8) is 0 Å². The Morgan fingerprint density at radius 2 is 1.65 bits per heavy atom. The van der Waals surface area contributed by atoms with Crippen molar-refractivity contribution in [2.24, 2.45) is 11.3 Å². The van der Waals surface area contributed by atoms with Crippen molar-refractivity contribution >= 4 is 5.69 Å². The van der Waals surface area contributed by atoms with Crippen molar-refractivity contribution in [2.75, 3.05) is 31.1 Å². The molecule has 0 bridgehead atoms. The van der Waals surface area contributed by atoms with Crippen LogP contribution in [-0.2, 0) is 0 Å². The topological polar surface area (TPSA) is 30.3 Å². The largest absolute Gasteiger partial charge is 0.371 e. The Morgan fingerprint density at radius 1 is 1.00 bits per heavy atom. The molecule has 3 nitrogen and oxygen atoms in total. The number of anilines is 1. The standard InChI is InChI=1S/C20H29N3/c1-20(2,3)17-8-11-23(15-17)19-9-12-22(13-10-19)18-6-4-16(14-21)5-7-18/h4-7,17,19H,8-13,15H2,1-3H3. The summed E-state index contributed by atoms with van der Waals surface area (Å²) in [6.45, 7) is 12.0. The fourth-order valence-electron chi connectivity index (χ4n) is 4.06. The van der Waals surface area contributed by atoms with Crippen LogP contribution in [0.1, 0.15) is 45.6 Å². The molecule has 3 rings (SSSR count). The van der Waals surface area contributed by atoms with E-state index in [9.17, 15) is 0 Å². The second kappa shape index (κ2) is 6.53. The highest BCUT2D eigenvalue weighted by Crippen LogP contribution is 2.36. The molecule has 2 aliphatic rings. The smallest absolute Gasteiger partial charge is 0.0991 e. The molecule has 1 aromatic carbocycles. The van der Waals surface area contributed by atoms with E-state index >= 15 is 0 Å². The highest BCUT2D eigenvalue weighted by atomic mass is 15.2. The Labute approximate surface area is 140 Å². The molecule has 23 heavy (non-hydrogen) atoms. The molecule has 1 unspecified atom stereocenters. The summed E-state index contributed by atoms with van der Waals surface area (Å²) < 4.78 is 0. The van der Waals surface area contributed by atoms with Crippen LogP contribution in [0, 0.1) is 22.7 Å². The predicted molar refractivity (Wildman–Crippen MR) is 95.5 cm³/mol. The number of likely N-dealkylation sites (tertiary alicyclic amines) is 1. The van der Waals surface area contributed by atoms with Crippen molar-refractivity contribution < 1.29 is 0 Å². The first kappa shape index (κ1) is 16.3. The van der Waals surface area contributed by atoms with E-state index in [0.29, 0.717) is 5.41 Å². The summed E-state index contributed by atoms with van der Waals surface area (Å²) in [7, 11) is 0. The Balaban J connectivity index is 1.53. The van der Waals surface area contributed by atoms with E-state index in [1.165, 1.54) is 38.0 Å². The SMILES string of the molecule is CC(C)(C)C1CCN(C2CCN(c3ccc(C#N)cc3)CC2)C1. The van der Waals surface area contributed by atoms with Crippen LogP contribution in [0.2, 0.25) is 0 Å². The predicted octanol–water partition coefficient (Wildman–Crippen LogP) is 3.90. The van der Waals surface area contributed by atoms with Gasteiger partial charge in [0.15, 0.2) is 0 Å². The van der Waals surface area contributed by atoms with Gasteiger partial charge in [0.25, 0.3) is 0 Å². The van der Waals surface area contributed by atoms with E-state index in [0.717, 1.165) is 30.6 Å². The molecule has 0 N–H and O–H groups in total. The molecule has 124 valence electrons. The van der Waals surface area contributed by atoms with Crippen LogP contribution in [0.5, 0.6) is 0 Å². The van der Waals surface area contributed by atoms with Gasteiger partial charge in [-0.05, 0) is 61.4 Å². The number of nitrogens with zero attached hydrogens (tertiary/aromatic N) is 3. The fraction of sp³-hybridized carbons (Fsp3) is 0.650. The molecule has 2 saturated heterocycles. The first-order chi connectivity index (χ1) is 11.0. The molecule has 0 aromatic heterocycles. The van der Waals surface area contributed by atoms with Crippen LogP contribution in [0.4, 0.5) is 5.69 Å². The monoisotopic (exact) mass is 311 g/mol. The van der Waals surface area contributed by atoms with Crippen molar-refractivity contribution in [1.29, 1.82) is 5.26 Å². The van der Waals surface area contributed by atoms with Gasteiger partial charge in [0.2, 0.25) is 0 Å². The number of hydrogen-bond donors (Lipinski definition) is 0. The molecule has 2 aliphatic heterocycles. The summed E-state index contributed by atoms with van der Waals surface area (Å²) in [4.78, 5) is 5.21. The second-order valence-corrected chi connectivity index (χ2v) is 8.22. The Morgan fingerprint density at radius 3 is 2.17 bits per heavy atom. The van der Waals surface area contributed by atoms with Crippen LogP contribution >= 0.6 is 0 Å². The zero-order chi connectivity index (χ0) is 16.4. The lowest BCUT2D eigenvalue weighted by atomic mass is 9.80. The van der Waals surface area contributed by atoms with Gasteiger partial charge in [-0.1, -0.05) is 20.8 Å². The van der Waals surface area contributed by atoms with E-state index in [4.69, 9.17) is 5.26 Å². The fourth-order valence-corrected chi connectivity index (χ4v) is 4.06. The molecule has 1 aromatic rings. The average Bonchev–Trinajstić information content (AvgIpc) is 3.05. The lowest BCUT2D eigenvalue weighted by Gasteiger charge is -2.38. The van der Waals surface area contributed by atoms with Crippen LogP contribution < -0.4 is 4.90 Å². The molecule has 2 heterocycles. The van der Waals surface area contributed by atoms with Gasteiger partial charge >= 0.3 is 0 Å². The van der Waals surface area contributed by atoms with E-state index in [1.54, 1.807) is 0 Å². The first-order valence-electron chi connectivity index (χ1n) is 8.96. The van der Waals surface area contributed by atoms with Gasteiger partial charge in [0, 0.05) is 31.4 Å². The van der Waals surface area contributed by atoms with E-state index in [1.807, 2.05) is 12.1 Å². The van der Waals surface area contributed by atoms with Gasteiger partial charge in [-0.25, -0.2) is 0 Å². The lowest BCUT2D eigenvalue weighted by Crippen LogP contribution is -2.44. The quantitative estimate of drug-likeness (QED) is 0.830. The maximum atomic E-state index is 8.90.